The summed E-state index contributed by atoms with van der Waals surface area (Å²) in [5.41, 5.74) is 7.29. The summed E-state index contributed by atoms with van der Waals surface area (Å²) >= 11 is 0. The summed E-state index contributed by atoms with van der Waals surface area (Å²) in [4.78, 5) is 0. The number of aryl methyl sites for hydroxylation is 1. The van der Waals surface area contributed by atoms with Gasteiger partial charge in [0.05, 0.1) is 12.2 Å². The van der Waals surface area contributed by atoms with Crippen molar-refractivity contribution in [3.8, 4) is 5.75 Å². The number of nitrogens with two attached hydrogens (primary N) is 1. The van der Waals surface area contributed by atoms with Crippen LogP contribution in [-0.4, -0.2) is 23.9 Å². The molecule has 19 heavy (non-hydrogen) atoms. The first-order valence-electron chi connectivity index (χ1n) is 7.03. The van der Waals surface area contributed by atoms with E-state index in [4.69, 9.17) is 10.5 Å². The van der Waals surface area contributed by atoms with Gasteiger partial charge >= 0.3 is 0 Å². The molecule has 0 radical (unpaired) electrons. The maximum Gasteiger partial charge on any atom is 0.122 e. The summed E-state index contributed by atoms with van der Waals surface area (Å²) in [6.45, 7) is 7.20. The molecule has 1 atom stereocenters. The van der Waals surface area contributed by atoms with Crippen molar-refractivity contribution in [1.82, 2.24) is 0 Å². The van der Waals surface area contributed by atoms with Gasteiger partial charge in [-0.2, -0.15) is 0 Å². The number of fused-ring (bicyclic) bond motifs is 1. The maximum atomic E-state index is 10.7. The van der Waals surface area contributed by atoms with Crippen molar-refractivity contribution in [2.45, 2.75) is 45.6 Å². The van der Waals surface area contributed by atoms with Crippen LogP contribution in [0.5, 0.6) is 5.75 Å². The van der Waals surface area contributed by atoms with Crippen molar-refractivity contribution in [1.29, 1.82) is 0 Å². The second-order valence-electron chi connectivity index (χ2n) is 6.53. The Morgan fingerprint density at radius 1 is 1.32 bits per heavy atom. The number of hydrogen-bond acceptors (Lipinski definition) is 3. The molecule has 0 fully saturated rings. The Balaban J connectivity index is 2.06. The van der Waals surface area contributed by atoms with E-state index < -0.39 is 5.60 Å². The molecule has 106 valence electrons. The van der Waals surface area contributed by atoms with E-state index in [9.17, 15) is 5.11 Å². The van der Waals surface area contributed by atoms with Gasteiger partial charge in [0.25, 0.3) is 0 Å². The van der Waals surface area contributed by atoms with Crippen LogP contribution in [0, 0.1) is 5.41 Å². The van der Waals surface area contributed by atoms with Gasteiger partial charge in [-0.05, 0) is 35.4 Å². The third-order valence-electron chi connectivity index (χ3n) is 4.31. The average Bonchev–Trinajstić information content (AvgIpc) is 2.81. The average molecular weight is 263 g/mol. The first kappa shape index (κ1) is 14.4. The Morgan fingerprint density at radius 3 is 2.68 bits per heavy atom. The quantitative estimate of drug-likeness (QED) is 0.876. The Labute approximate surface area is 115 Å². The molecule has 1 aromatic rings. The molecule has 0 aliphatic carbocycles. The predicted molar refractivity (Wildman–Crippen MR) is 77.4 cm³/mol. The van der Waals surface area contributed by atoms with E-state index >= 15 is 0 Å². The van der Waals surface area contributed by atoms with Crippen molar-refractivity contribution in [2.75, 3.05) is 13.2 Å². The molecule has 3 nitrogen and oxygen atoms in total. The lowest BCUT2D eigenvalue weighted by Gasteiger charge is -2.39. The minimum atomic E-state index is -0.817. The lowest BCUT2D eigenvalue weighted by molar-refractivity contribution is -0.0559. The molecule has 1 heterocycles. The number of benzene rings is 1. The van der Waals surface area contributed by atoms with Crippen molar-refractivity contribution in [2.24, 2.45) is 11.1 Å². The maximum absolute atomic E-state index is 10.7. The van der Waals surface area contributed by atoms with Crippen molar-refractivity contribution in [3.63, 3.8) is 0 Å². The summed E-state index contributed by atoms with van der Waals surface area (Å²) in [6.07, 6.45) is 2.52. The molecule has 0 bridgehead atoms. The molecule has 3 heteroatoms. The van der Waals surface area contributed by atoms with Crippen molar-refractivity contribution < 1.29 is 9.84 Å². The van der Waals surface area contributed by atoms with E-state index in [0.717, 1.165) is 25.2 Å². The summed E-state index contributed by atoms with van der Waals surface area (Å²) < 4.78 is 5.50. The van der Waals surface area contributed by atoms with Gasteiger partial charge in [-0.15, -0.1) is 0 Å². The fourth-order valence-corrected chi connectivity index (χ4v) is 2.53. The van der Waals surface area contributed by atoms with Gasteiger partial charge in [0.1, 0.15) is 5.75 Å². The predicted octanol–water partition coefficient (Wildman–Crippen LogP) is 2.29. The van der Waals surface area contributed by atoms with Gasteiger partial charge in [-0.25, -0.2) is 0 Å². The first-order valence-corrected chi connectivity index (χ1v) is 7.03. The highest BCUT2D eigenvalue weighted by Crippen LogP contribution is 2.34. The monoisotopic (exact) mass is 263 g/mol. The molecule has 0 saturated heterocycles. The molecule has 0 amide bonds. The Kier molecular flexibility index (Phi) is 3.88. The van der Waals surface area contributed by atoms with Crippen LogP contribution in [0.3, 0.4) is 0 Å². The van der Waals surface area contributed by atoms with Gasteiger partial charge in [0.15, 0.2) is 0 Å². The number of aliphatic hydroxyl groups is 1. The first-order chi connectivity index (χ1) is 8.86. The number of hydrogen-bond donors (Lipinski definition) is 2. The topological polar surface area (TPSA) is 55.5 Å². The molecule has 0 aromatic heterocycles. The molecule has 3 N–H and O–H groups in total. The minimum absolute atomic E-state index is 0.207. The van der Waals surface area contributed by atoms with Crippen LogP contribution < -0.4 is 10.5 Å². The molecule has 0 saturated carbocycles. The molecular formula is C16H25NO2. The fraction of sp³-hybridized carbons (Fsp3) is 0.625. The zero-order valence-electron chi connectivity index (χ0n) is 12.2. The number of ether oxygens (including phenoxy) is 1. The Morgan fingerprint density at radius 2 is 2.05 bits per heavy atom. The molecular weight excluding hydrogens is 238 g/mol. The molecule has 1 aliphatic heterocycles. The van der Waals surface area contributed by atoms with E-state index in [2.05, 4.69) is 12.1 Å². The summed E-state index contributed by atoms with van der Waals surface area (Å²) in [7, 11) is 0. The van der Waals surface area contributed by atoms with Gasteiger partial charge in [-0.1, -0.05) is 32.9 Å². The third-order valence-corrected chi connectivity index (χ3v) is 4.31. The van der Waals surface area contributed by atoms with E-state index in [-0.39, 0.29) is 5.41 Å². The normalized spacial score (nSPS) is 17.7. The van der Waals surface area contributed by atoms with Crippen molar-refractivity contribution in [3.05, 3.63) is 29.3 Å². The lowest BCUT2D eigenvalue weighted by Crippen LogP contribution is -2.49. The van der Waals surface area contributed by atoms with Crippen LogP contribution in [0.1, 0.15) is 38.3 Å². The fourth-order valence-electron chi connectivity index (χ4n) is 2.53. The van der Waals surface area contributed by atoms with E-state index in [1.165, 1.54) is 11.1 Å². The lowest BCUT2D eigenvalue weighted by atomic mass is 9.73. The van der Waals surface area contributed by atoms with Gasteiger partial charge < -0.3 is 15.6 Å². The third kappa shape index (κ3) is 2.93. The van der Waals surface area contributed by atoms with Crippen LogP contribution in [0.15, 0.2) is 18.2 Å². The molecule has 2 rings (SSSR count). The van der Waals surface area contributed by atoms with Crippen LogP contribution in [-0.2, 0) is 12.8 Å². The van der Waals surface area contributed by atoms with E-state index in [1.807, 2.05) is 26.8 Å². The highest BCUT2D eigenvalue weighted by molar-refractivity contribution is 5.39. The summed E-state index contributed by atoms with van der Waals surface area (Å²) in [5, 5.41) is 10.7. The highest BCUT2D eigenvalue weighted by atomic mass is 16.5. The summed E-state index contributed by atoms with van der Waals surface area (Å²) in [5.74, 6) is 1.01. The Bertz CT molecular complexity index is 451. The molecule has 0 spiro atoms. The highest BCUT2D eigenvalue weighted by Gasteiger charge is 2.38. The smallest absolute Gasteiger partial charge is 0.122 e. The van der Waals surface area contributed by atoms with E-state index in [0.29, 0.717) is 13.0 Å². The van der Waals surface area contributed by atoms with Crippen molar-refractivity contribution >= 4 is 0 Å². The van der Waals surface area contributed by atoms with Gasteiger partial charge in [0.2, 0.25) is 0 Å². The standard InChI is InChI=1S/C16H25NO2/c1-15(2,3)16(18,11-17)8-6-12-4-5-14-13(10-12)7-9-19-14/h4-5,10,18H,6-9,11,17H2,1-3H3. The summed E-state index contributed by atoms with van der Waals surface area (Å²) in [6, 6.07) is 6.32. The molecule has 1 aliphatic rings. The Hall–Kier alpha value is -1.06. The van der Waals surface area contributed by atoms with Gasteiger partial charge in [0, 0.05) is 13.0 Å². The zero-order chi connectivity index (χ0) is 14.1. The SMILES string of the molecule is CC(C)(C)C(O)(CN)CCc1ccc2c(c1)CCO2. The number of rotatable bonds is 4. The largest absolute Gasteiger partial charge is 0.493 e. The van der Waals surface area contributed by atoms with Gasteiger partial charge in [-0.3, -0.25) is 0 Å². The second kappa shape index (κ2) is 5.14. The molecule has 1 aromatic carbocycles. The second-order valence-corrected chi connectivity index (χ2v) is 6.53. The minimum Gasteiger partial charge on any atom is -0.493 e. The molecule has 1 unspecified atom stereocenters. The van der Waals surface area contributed by atoms with Crippen LogP contribution in [0.25, 0.3) is 0 Å². The zero-order valence-corrected chi connectivity index (χ0v) is 12.2. The van der Waals surface area contributed by atoms with Crippen LogP contribution >= 0.6 is 0 Å². The van der Waals surface area contributed by atoms with Crippen LogP contribution in [0.4, 0.5) is 0 Å². The van der Waals surface area contributed by atoms with E-state index in [1.54, 1.807) is 0 Å². The van der Waals surface area contributed by atoms with Crippen LogP contribution in [0.2, 0.25) is 0 Å².